The van der Waals surface area contributed by atoms with Crippen LogP contribution in [-0.2, 0) is 25.5 Å². The van der Waals surface area contributed by atoms with Gasteiger partial charge in [0, 0.05) is 19.6 Å². The Labute approximate surface area is 155 Å². The van der Waals surface area contributed by atoms with E-state index in [-0.39, 0.29) is 19.4 Å². The predicted molar refractivity (Wildman–Crippen MR) is 90.7 cm³/mol. The van der Waals surface area contributed by atoms with E-state index in [0.29, 0.717) is 13.0 Å². The number of hydrogen-bond acceptors (Lipinski definition) is 5. The van der Waals surface area contributed by atoms with Crippen molar-refractivity contribution in [2.45, 2.75) is 43.6 Å². The van der Waals surface area contributed by atoms with Crippen LogP contribution in [0.1, 0.15) is 24.8 Å². The number of aryl methyl sites for hydroxylation is 1. The Morgan fingerprint density at radius 1 is 1.26 bits per heavy atom. The Bertz CT molecular complexity index is 633. The number of nitrogens with one attached hydrogen (secondary N) is 2. The van der Waals surface area contributed by atoms with E-state index in [0.717, 1.165) is 19.1 Å². The minimum atomic E-state index is -5.10. The number of methoxy groups -OCH3 is 1. The second kappa shape index (κ2) is 9.18. The molecule has 1 aromatic rings. The zero-order valence-electron chi connectivity index (χ0n) is 15.0. The van der Waals surface area contributed by atoms with Gasteiger partial charge in [-0.3, -0.25) is 10.1 Å². The van der Waals surface area contributed by atoms with Crippen molar-refractivity contribution in [2.24, 2.45) is 0 Å². The van der Waals surface area contributed by atoms with E-state index in [2.05, 4.69) is 10.1 Å². The molecule has 2 atom stereocenters. The van der Waals surface area contributed by atoms with Crippen molar-refractivity contribution in [3.8, 4) is 0 Å². The fourth-order valence-corrected chi connectivity index (χ4v) is 2.85. The third kappa shape index (κ3) is 5.43. The maximum Gasteiger partial charge on any atom is 0.436 e. The Morgan fingerprint density at radius 3 is 2.52 bits per heavy atom. The van der Waals surface area contributed by atoms with E-state index in [9.17, 15) is 22.8 Å². The molecule has 150 valence electrons. The molecule has 2 rings (SSSR count). The third-order valence-electron chi connectivity index (χ3n) is 4.35. The van der Waals surface area contributed by atoms with Gasteiger partial charge in [0.15, 0.2) is 0 Å². The van der Waals surface area contributed by atoms with Crippen LogP contribution >= 0.6 is 0 Å². The second-order valence-corrected chi connectivity index (χ2v) is 6.29. The SMILES string of the molecule is COC(=O)[C@](NC[C@H]1CCCO1)(NC(=O)CCc1ccccc1)C(F)(F)F. The first-order chi connectivity index (χ1) is 12.8. The number of benzene rings is 1. The lowest BCUT2D eigenvalue weighted by atomic mass is 10.1. The molecule has 0 unspecified atom stereocenters. The summed E-state index contributed by atoms with van der Waals surface area (Å²) in [4.78, 5) is 24.2. The summed E-state index contributed by atoms with van der Waals surface area (Å²) < 4.78 is 51.0. The van der Waals surface area contributed by atoms with Crippen molar-refractivity contribution in [1.29, 1.82) is 0 Å². The molecule has 9 heteroatoms. The topological polar surface area (TPSA) is 76.7 Å². The van der Waals surface area contributed by atoms with Crippen LogP contribution in [0.15, 0.2) is 30.3 Å². The van der Waals surface area contributed by atoms with Gasteiger partial charge < -0.3 is 14.8 Å². The molecule has 6 nitrogen and oxygen atoms in total. The molecule has 1 heterocycles. The normalized spacial score (nSPS) is 19.3. The lowest BCUT2D eigenvalue weighted by Gasteiger charge is -2.35. The van der Waals surface area contributed by atoms with Crippen LogP contribution in [0, 0.1) is 0 Å². The molecule has 0 saturated carbocycles. The van der Waals surface area contributed by atoms with Gasteiger partial charge in [0.2, 0.25) is 5.91 Å². The van der Waals surface area contributed by atoms with Crippen LogP contribution in [0.2, 0.25) is 0 Å². The van der Waals surface area contributed by atoms with Crippen LogP contribution < -0.4 is 10.6 Å². The van der Waals surface area contributed by atoms with Crippen LogP contribution in [0.3, 0.4) is 0 Å². The fraction of sp³-hybridized carbons (Fsp3) is 0.556. The molecular weight excluding hydrogens is 365 g/mol. The number of carbonyl (C=O) groups excluding carboxylic acids is 2. The molecule has 1 aliphatic rings. The molecule has 0 spiro atoms. The van der Waals surface area contributed by atoms with Crippen LogP contribution in [-0.4, -0.2) is 50.1 Å². The van der Waals surface area contributed by atoms with E-state index in [1.54, 1.807) is 30.3 Å². The van der Waals surface area contributed by atoms with Crippen molar-refractivity contribution < 1.29 is 32.2 Å². The summed E-state index contributed by atoms with van der Waals surface area (Å²) in [5.74, 6) is -2.54. The number of amides is 1. The van der Waals surface area contributed by atoms with E-state index in [4.69, 9.17) is 4.74 Å². The molecule has 0 radical (unpaired) electrons. The third-order valence-corrected chi connectivity index (χ3v) is 4.35. The summed E-state index contributed by atoms with van der Waals surface area (Å²) in [5.41, 5.74) is -2.52. The van der Waals surface area contributed by atoms with Crippen molar-refractivity contribution >= 4 is 11.9 Å². The van der Waals surface area contributed by atoms with Gasteiger partial charge in [0.1, 0.15) is 0 Å². The molecule has 1 amide bonds. The summed E-state index contributed by atoms with van der Waals surface area (Å²) in [5, 5.41) is 3.95. The molecule has 0 aromatic heterocycles. The molecule has 1 aromatic carbocycles. The average Bonchev–Trinajstić information content (AvgIpc) is 3.16. The summed E-state index contributed by atoms with van der Waals surface area (Å²) in [6.07, 6.45) is -4.22. The first kappa shape index (κ1) is 21.2. The van der Waals surface area contributed by atoms with Gasteiger partial charge in [-0.1, -0.05) is 30.3 Å². The largest absolute Gasteiger partial charge is 0.466 e. The number of ether oxygens (including phenoxy) is 2. The van der Waals surface area contributed by atoms with Gasteiger partial charge in [-0.15, -0.1) is 0 Å². The van der Waals surface area contributed by atoms with E-state index in [1.165, 1.54) is 0 Å². The van der Waals surface area contributed by atoms with Gasteiger partial charge in [0.25, 0.3) is 5.66 Å². The predicted octanol–water partition coefficient (Wildman–Crippen LogP) is 1.94. The summed E-state index contributed by atoms with van der Waals surface area (Å²) in [7, 11) is 0.840. The van der Waals surface area contributed by atoms with Crippen LogP contribution in [0.5, 0.6) is 0 Å². The van der Waals surface area contributed by atoms with Crippen LogP contribution in [0.25, 0.3) is 0 Å². The number of carbonyl (C=O) groups is 2. The number of rotatable bonds is 8. The molecule has 0 bridgehead atoms. The Hall–Kier alpha value is -2.13. The maximum atomic E-state index is 13.8. The summed E-state index contributed by atoms with van der Waals surface area (Å²) >= 11 is 0. The van der Waals surface area contributed by atoms with Crippen molar-refractivity contribution in [3.05, 3.63) is 35.9 Å². The van der Waals surface area contributed by atoms with E-state index >= 15 is 0 Å². The Balaban J connectivity index is 2.11. The maximum absolute atomic E-state index is 13.8. The van der Waals surface area contributed by atoms with Gasteiger partial charge >= 0.3 is 12.1 Å². The smallest absolute Gasteiger partial charge is 0.436 e. The summed E-state index contributed by atoms with van der Waals surface area (Å²) in [6.45, 7) is 0.209. The number of alkyl halides is 3. The fourth-order valence-electron chi connectivity index (χ4n) is 2.85. The van der Waals surface area contributed by atoms with Crippen LogP contribution in [0.4, 0.5) is 13.2 Å². The highest BCUT2D eigenvalue weighted by atomic mass is 19.4. The molecular formula is C18H23F3N2O4. The van der Waals surface area contributed by atoms with Crippen molar-refractivity contribution in [1.82, 2.24) is 10.6 Å². The number of halogens is 3. The molecule has 27 heavy (non-hydrogen) atoms. The lowest BCUT2D eigenvalue weighted by Crippen LogP contribution is -2.73. The zero-order chi connectivity index (χ0) is 19.9. The monoisotopic (exact) mass is 388 g/mol. The molecule has 1 saturated heterocycles. The van der Waals surface area contributed by atoms with Crippen molar-refractivity contribution in [2.75, 3.05) is 20.3 Å². The highest BCUT2D eigenvalue weighted by molar-refractivity contribution is 5.88. The minimum Gasteiger partial charge on any atom is -0.466 e. The van der Waals surface area contributed by atoms with Gasteiger partial charge in [-0.25, -0.2) is 4.79 Å². The standard InChI is InChI=1S/C18H23F3N2O4/c1-26-16(25)17(18(19,20)21,22-12-14-8-5-11-27-14)23-15(24)10-9-13-6-3-2-4-7-13/h2-4,6-7,14,22H,5,8-12H2,1H3,(H,23,24)/t14-,17+/m1/s1. The van der Waals surface area contributed by atoms with E-state index < -0.39 is 29.8 Å². The average molecular weight is 388 g/mol. The number of esters is 1. The van der Waals surface area contributed by atoms with Gasteiger partial charge in [0.05, 0.1) is 13.2 Å². The molecule has 2 N–H and O–H groups in total. The summed E-state index contributed by atoms with van der Waals surface area (Å²) in [6, 6.07) is 8.86. The Kier molecular flexibility index (Phi) is 7.20. The molecule has 1 fully saturated rings. The highest BCUT2D eigenvalue weighted by Crippen LogP contribution is 2.30. The zero-order valence-corrected chi connectivity index (χ0v) is 15.0. The first-order valence-corrected chi connectivity index (χ1v) is 8.65. The first-order valence-electron chi connectivity index (χ1n) is 8.65. The quantitative estimate of drug-likeness (QED) is 0.526. The Morgan fingerprint density at radius 2 is 1.96 bits per heavy atom. The van der Waals surface area contributed by atoms with Gasteiger partial charge in [-0.05, 0) is 24.8 Å². The molecule has 1 aliphatic heterocycles. The second-order valence-electron chi connectivity index (χ2n) is 6.29. The minimum absolute atomic E-state index is 0.208. The molecule has 0 aliphatic carbocycles. The lowest BCUT2D eigenvalue weighted by molar-refractivity contribution is -0.221. The highest BCUT2D eigenvalue weighted by Gasteiger charge is 2.63. The van der Waals surface area contributed by atoms with Crippen molar-refractivity contribution in [3.63, 3.8) is 0 Å². The number of hydrogen-bond donors (Lipinski definition) is 2. The van der Waals surface area contributed by atoms with Gasteiger partial charge in [-0.2, -0.15) is 13.2 Å². The van der Waals surface area contributed by atoms with E-state index in [1.807, 2.05) is 5.32 Å².